The fourth-order valence-electron chi connectivity index (χ4n) is 3.71. The van der Waals surface area contributed by atoms with Gasteiger partial charge in [0, 0.05) is 18.6 Å². The van der Waals surface area contributed by atoms with E-state index in [9.17, 15) is 18.4 Å². The van der Waals surface area contributed by atoms with Gasteiger partial charge in [-0.2, -0.15) is 0 Å². The quantitative estimate of drug-likeness (QED) is 0.814. The maximum Gasteiger partial charge on any atom is 0.291 e. The SMILES string of the molecule is CCC[C@@H]1CCCc2nc(C(=O)NC3COc4cc(F)cc(F)c4NC3=O)nn21. The van der Waals surface area contributed by atoms with E-state index in [4.69, 9.17) is 4.74 Å². The highest BCUT2D eigenvalue weighted by Gasteiger charge is 2.31. The Morgan fingerprint density at radius 3 is 3.03 bits per heavy atom. The van der Waals surface area contributed by atoms with Gasteiger partial charge in [-0.1, -0.05) is 13.3 Å². The van der Waals surface area contributed by atoms with Gasteiger partial charge in [-0.15, -0.1) is 5.10 Å². The summed E-state index contributed by atoms with van der Waals surface area (Å²) in [6.45, 7) is 1.82. The van der Waals surface area contributed by atoms with Crippen molar-refractivity contribution in [1.82, 2.24) is 20.1 Å². The van der Waals surface area contributed by atoms with Gasteiger partial charge in [0.05, 0.1) is 6.04 Å². The zero-order valence-corrected chi connectivity index (χ0v) is 15.9. The molecule has 0 spiro atoms. The predicted molar refractivity (Wildman–Crippen MR) is 98.6 cm³/mol. The Kier molecular flexibility index (Phi) is 5.16. The average Bonchev–Trinajstić information content (AvgIpc) is 3.06. The van der Waals surface area contributed by atoms with Gasteiger partial charge in [0.1, 0.15) is 35.7 Å². The lowest BCUT2D eigenvalue weighted by Crippen LogP contribution is -2.46. The third kappa shape index (κ3) is 3.79. The van der Waals surface area contributed by atoms with Crippen LogP contribution in [0.2, 0.25) is 0 Å². The molecule has 1 aromatic heterocycles. The second-order valence-electron chi connectivity index (χ2n) is 7.22. The third-order valence-corrected chi connectivity index (χ3v) is 5.10. The van der Waals surface area contributed by atoms with Crippen LogP contribution >= 0.6 is 0 Å². The molecule has 2 atom stereocenters. The number of benzene rings is 1. The van der Waals surface area contributed by atoms with Crippen molar-refractivity contribution in [2.75, 3.05) is 11.9 Å². The van der Waals surface area contributed by atoms with Crippen LogP contribution in [0.4, 0.5) is 14.5 Å². The molecule has 0 bridgehead atoms. The summed E-state index contributed by atoms with van der Waals surface area (Å²) in [4.78, 5) is 29.3. The van der Waals surface area contributed by atoms with Crippen LogP contribution in [0.25, 0.3) is 0 Å². The topological polar surface area (TPSA) is 98.1 Å². The van der Waals surface area contributed by atoms with Crippen LogP contribution in [0.15, 0.2) is 12.1 Å². The highest BCUT2D eigenvalue weighted by molar-refractivity contribution is 6.01. The van der Waals surface area contributed by atoms with Crippen LogP contribution in [-0.4, -0.2) is 39.2 Å². The second kappa shape index (κ2) is 7.76. The van der Waals surface area contributed by atoms with Crippen LogP contribution in [0.1, 0.15) is 55.1 Å². The zero-order chi connectivity index (χ0) is 20.5. The number of anilines is 1. The van der Waals surface area contributed by atoms with Crippen LogP contribution in [0.5, 0.6) is 5.75 Å². The van der Waals surface area contributed by atoms with Crippen LogP contribution < -0.4 is 15.4 Å². The number of carbonyl (C=O) groups excluding carboxylic acids is 2. The Balaban J connectivity index is 1.49. The van der Waals surface area contributed by atoms with Gasteiger partial charge in [-0.3, -0.25) is 9.59 Å². The predicted octanol–water partition coefficient (Wildman–Crippen LogP) is 2.36. The summed E-state index contributed by atoms with van der Waals surface area (Å²) in [7, 11) is 0. The molecule has 2 N–H and O–H groups in total. The Hall–Kier alpha value is -3.04. The molecular weight excluding hydrogens is 384 g/mol. The van der Waals surface area contributed by atoms with Gasteiger partial charge < -0.3 is 15.4 Å². The van der Waals surface area contributed by atoms with E-state index >= 15 is 0 Å². The molecule has 8 nitrogen and oxygen atoms in total. The fraction of sp³-hybridized carbons (Fsp3) is 0.474. The van der Waals surface area contributed by atoms with Crippen molar-refractivity contribution >= 4 is 17.5 Å². The molecule has 0 saturated carbocycles. The van der Waals surface area contributed by atoms with Gasteiger partial charge in [-0.05, 0) is 19.3 Å². The normalized spacial score (nSPS) is 20.7. The summed E-state index contributed by atoms with van der Waals surface area (Å²) in [5.41, 5.74) is -0.258. The van der Waals surface area contributed by atoms with Crippen molar-refractivity contribution in [3.05, 3.63) is 35.4 Å². The number of ether oxygens (including phenoxy) is 1. The van der Waals surface area contributed by atoms with Crippen LogP contribution in [0, 0.1) is 11.6 Å². The number of fused-ring (bicyclic) bond motifs is 2. The van der Waals surface area contributed by atoms with Gasteiger partial charge in [0.2, 0.25) is 5.82 Å². The molecule has 2 amide bonds. The fourth-order valence-corrected chi connectivity index (χ4v) is 3.71. The molecule has 4 rings (SSSR count). The Bertz CT molecular complexity index is 962. The minimum Gasteiger partial charge on any atom is -0.488 e. The van der Waals surface area contributed by atoms with Gasteiger partial charge >= 0.3 is 0 Å². The first-order valence-corrected chi connectivity index (χ1v) is 9.65. The van der Waals surface area contributed by atoms with E-state index in [-0.39, 0.29) is 29.9 Å². The molecule has 154 valence electrons. The van der Waals surface area contributed by atoms with E-state index in [1.807, 2.05) is 0 Å². The molecule has 2 aliphatic rings. The molecule has 2 aliphatic heterocycles. The minimum absolute atomic E-state index is 0.0187. The molecule has 0 saturated heterocycles. The van der Waals surface area contributed by atoms with Crippen molar-refractivity contribution in [2.45, 2.75) is 51.1 Å². The van der Waals surface area contributed by atoms with Crippen molar-refractivity contribution in [3.8, 4) is 5.75 Å². The van der Waals surface area contributed by atoms with Crippen molar-refractivity contribution < 1.29 is 23.1 Å². The molecule has 29 heavy (non-hydrogen) atoms. The van der Waals surface area contributed by atoms with E-state index in [0.717, 1.165) is 44.0 Å². The number of nitrogens with zero attached hydrogens (tertiary/aromatic N) is 3. The smallest absolute Gasteiger partial charge is 0.291 e. The highest BCUT2D eigenvalue weighted by atomic mass is 19.1. The monoisotopic (exact) mass is 405 g/mol. The molecular formula is C19H21F2N5O3. The summed E-state index contributed by atoms with van der Waals surface area (Å²) in [6, 6.07) is 0.731. The second-order valence-corrected chi connectivity index (χ2v) is 7.22. The number of amides is 2. The van der Waals surface area contributed by atoms with Crippen LogP contribution in [-0.2, 0) is 11.2 Å². The average molecular weight is 405 g/mol. The lowest BCUT2D eigenvalue weighted by Gasteiger charge is -2.22. The Morgan fingerprint density at radius 1 is 1.41 bits per heavy atom. The lowest BCUT2D eigenvalue weighted by atomic mass is 10.0. The number of hydrogen-bond acceptors (Lipinski definition) is 5. The van der Waals surface area contributed by atoms with Crippen molar-refractivity contribution in [2.24, 2.45) is 0 Å². The molecule has 2 aromatic rings. The number of nitrogens with one attached hydrogen (secondary N) is 2. The molecule has 0 radical (unpaired) electrons. The first-order chi connectivity index (χ1) is 14.0. The number of hydrogen-bond donors (Lipinski definition) is 2. The Labute approximate surface area is 165 Å². The van der Waals surface area contributed by atoms with E-state index in [1.54, 1.807) is 4.68 Å². The van der Waals surface area contributed by atoms with Crippen molar-refractivity contribution in [3.63, 3.8) is 0 Å². The molecule has 1 unspecified atom stereocenters. The van der Waals surface area contributed by atoms with E-state index < -0.39 is 29.5 Å². The summed E-state index contributed by atoms with van der Waals surface area (Å²) in [5, 5.41) is 9.19. The van der Waals surface area contributed by atoms with Crippen LogP contribution in [0.3, 0.4) is 0 Å². The third-order valence-electron chi connectivity index (χ3n) is 5.10. The molecule has 0 fully saturated rings. The molecule has 3 heterocycles. The van der Waals surface area contributed by atoms with Gasteiger partial charge in [-0.25, -0.2) is 18.4 Å². The summed E-state index contributed by atoms with van der Waals surface area (Å²) in [6.07, 6.45) is 4.68. The zero-order valence-electron chi connectivity index (χ0n) is 15.9. The summed E-state index contributed by atoms with van der Waals surface area (Å²) >= 11 is 0. The number of aryl methyl sites for hydroxylation is 1. The molecule has 10 heteroatoms. The summed E-state index contributed by atoms with van der Waals surface area (Å²) in [5.74, 6) is -2.47. The standard InChI is InChI=1S/C19H21F2N5O3/c1-2-4-11-5-3-6-15-23-17(25-26(11)15)19(28)22-13-9-29-14-8-10(20)7-12(21)16(14)24-18(13)27/h7-8,11,13H,2-6,9H2,1H3,(H,22,28)(H,24,27)/t11-,13?/m1/s1. The lowest BCUT2D eigenvalue weighted by molar-refractivity contribution is -0.118. The maximum atomic E-state index is 13.9. The largest absolute Gasteiger partial charge is 0.488 e. The number of carbonyl (C=O) groups is 2. The number of aromatic nitrogens is 3. The van der Waals surface area contributed by atoms with E-state index in [1.165, 1.54) is 0 Å². The number of rotatable bonds is 4. The first-order valence-electron chi connectivity index (χ1n) is 9.65. The maximum absolute atomic E-state index is 13.9. The minimum atomic E-state index is -1.11. The van der Waals surface area contributed by atoms with E-state index in [0.29, 0.717) is 6.07 Å². The molecule has 0 aliphatic carbocycles. The Morgan fingerprint density at radius 2 is 2.24 bits per heavy atom. The van der Waals surface area contributed by atoms with E-state index in [2.05, 4.69) is 27.6 Å². The van der Waals surface area contributed by atoms with Crippen molar-refractivity contribution in [1.29, 1.82) is 0 Å². The number of halogens is 2. The first kappa shape index (κ1) is 19.3. The van der Waals surface area contributed by atoms with Gasteiger partial charge in [0.25, 0.3) is 11.8 Å². The van der Waals surface area contributed by atoms with Gasteiger partial charge in [0.15, 0.2) is 5.82 Å². The molecule has 1 aromatic carbocycles. The highest BCUT2D eigenvalue weighted by Crippen LogP contribution is 2.31. The summed E-state index contributed by atoms with van der Waals surface area (Å²) < 4.78 is 34.5.